The monoisotopic (exact) mass is 399 g/mol. The molecule has 2 heterocycles. The molecule has 0 unspecified atom stereocenters. The first-order chi connectivity index (χ1) is 10.1. The first kappa shape index (κ1) is 17.6. The van der Waals surface area contributed by atoms with Gasteiger partial charge in [-0.05, 0) is 30.3 Å². The van der Waals surface area contributed by atoms with Crippen LogP contribution in [0.25, 0.3) is 0 Å². The Morgan fingerprint density at radius 1 is 1.23 bits per heavy atom. The summed E-state index contributed by atoms with van der Waals surface area (Å²) in [5, 5.41) is 0. The van der Waals surface area contributed by atoms with Gasteiger partial charge in [-0.2, -0.15) is 0 Å². The van der Waals surface area contributed by atoms with E-state index >= 15 is 0 Å². The maximum absolute atomic E-state index is 4.61. The van der Waals surface area contributed by atoms with E-state index in [0.717, 1.165) is 29.8 Å². The molecule has 0 amide bonds. The summed E-state index contributed by atoms with van der Waals surface area (Å²) in [6, 6.07) is 10.7. The van der Waals surface area contributed by atoms with Crippen LogP contribution in [0.5, 0.6) is 0 Å². The Morgan fingerprint density at radius 2 is 2.05 bits per heavy atom. The fourth-order valence-electron chi connectivity index (χ4n) is 2.51. The Hall–Kier alpha value is -0.750. The second-order valence-electron chi connectivity index (χ2n) is 5.50. The van der Waals surface area contributed by atoms with Crippen molar-refractivity contribution in [2.45, 2.75) is 16.2 Å². The highest BCUT2D eigenvalue weighted by Gasteiger charge is 2.24. The first-order valence-corrected chi connectivity index (χ1v) is 8.75. The normalized spacial score (nSPS) is 12.6. The molecule has 6 heteroatoms. The number of rotatable bonds is 4. The third-order valence-electron chi connectivity index (χ3n) is 3.50. The van der Waals surface area contributed by atoms with Gasteiger partial charge in [0.1, 0.15) is 5.82 Å². The van der Waals surface area contributed by atoms with E-state index < -0.39 is 0 Å². The van der Waals surface area contributed by atoms with Crippen molar-refractivity contribution < 1.29 is 17.3 Å². The molecule has 1 aliphatic rings. The standard InChI is InChI=1S/C16H18BrN3S.ClH/c1-19(2)9-4-10-20-13-7-6-12(17)11-15(13)21-14-5-3-8-18-16(14)20;/h3,5-8,11H,4,9-10H2,1-2H3;1H. The number of nitrogens with zero attached hydrogens (tertiary/aromatic N) is 2. The zero-order valence-electron chi connectivity index (χ0n) is 12.6. The Balaban J connectivity index is 0.00000176. The molecule has 0 aliphatic carbocycles. The van der Waals surface area contributed by atoms with Crippen molar-refractivity contribution in [2.24, 2.45) is 0 Å². The molecule has 0 radical (unpaired) electrons. The van der Waals surface area contributed by atoms with Gasteiger partial charge in [-0.1, -0.05) is 27.7 Å². The van der Waals surface area contributed by atoms with Crippen LogP contribution in [-0.4, -0.2) is 32.2 Å². The summed E-state index contributed by atoms with van der Waals surface area (Å²) in [7, 11) is 4.40. The second-order valence-corrected chi connectivity index (χ2v) is 7.50. The minimum absolute atomic E-state index is 0. The smallest absolute Gasteiger partial charge is 0.147 e. The number of nitrogens with one attached hydrogen (secondary N) is 1. The van der Waals surface area contributed by atoms with Crippen molar-refractivity contribution in [3.63, 3.8) is 0 Å². The van der Waals surface area contributed by atoms with E-state index in [9.17, 15) is 0 Å². The third-order valence-corrected chi connectivity index (χ3v) is 5.08. The van der Waals surface area contributed by atoms with Crippen molar-refractivity contribution >= 4 is 39.2 Å². The third kappa shape index (κ3) is 3.77. The summed E-state index contributed by atoms with van der Waals surface area (Å²) in [5.74, 6) is 1.09. The van der Waals surface area contributed by atoms with Crippen LogP contribution in [0.1, 0.15) is 6.42 Å². The molecule has 3 nitrogen and oxygen atoms in total. The van der Waals surface area contributed by atoms with Crippen molar-refractivity contribution in [3.8, 4) is 0 Å². The molecule has 1 aromatic heterocycles. The van der Waals surface area contributed by atoms with Crippen LogP contribution in [0.4, 0.5) is 11.5 Å². The van der Waals surface area contributed by atoms with Crippen LogP contribution in [0.3, 0.4) is 0 Å². The maximum Gasteiger partial charge on any atom is 0.147 e. The van der Waals surface area contributed by atoms with Crippen molar-refractivity contribution in [1.82, 2.24) is 4.98 Å². The van der Waals surface area contributed by atoms with E-state index in [4.69, 9.17) is 0 Å². The van der Waals surface area contributed by atoms with Gasteiger partial charge >= 0.3 is 0 Å². The zero-order valence-corrected chi connectivity index (χ0v) is 15.8. The minimum atomic E-state index is 0. The van der Waals surface area contributed by atoms with Gasteiger partial charge in [-0.15, -0.1) is 0 Å². The number of pyridine rings is 1. The lowest BCUT2D eigenvalue weighted by Gasteiger charge is -2.31. The van der Waals surface area contributed by atoms with E-state index in [0.29, 0.717) is 0 Å². The van der Waals surface area contributed by atoms with Crippen LogP contribution in [0.15, 0.2) is 50.8 Å². The molecule has 0 atom stereocenters. The average molecular weight is 401 g/mol. The fourth-order valence-corrected chi connectivity index (χ4v) is 4.13. The summed E-state index contributed by atoms with van der Waals surface area (Å²) < 4.78 is 1.12. The van der Waals surface area contributed by atoms with Crippen molar-refractivity contribution in [1.29, 1.82) is 0 Å². The highest BCUT2D eigenvalue weighted by molar-refractivity contribution is 9.10. The number of quaternary nitrogens is 1. The maximum atomic E-state index is 4.61. The van der Waals surface area contributed by atoms with E-state index in [1.54, 1.807) is 11.8 Å². The van der Waals surface area contributed by atoms with Crippen LogP contribution in [-0.2, 0) is 0 Å². The largest absolute Gasteiger partial charge is 1.00 e. The molecule has 0 spiro atoms. The summed E-state index contributed by atoms with van der Waals surface area (Å²) in [4.78, 5) is 11.0. The van der Waals surface area contributed by atoms with Gasteiger partial charge in [0.25, 0.3) is 0 Å². The van der Waals surface area contributed by atoms with Crippen LogP contribution < -0.4 is 22.2 Å². The highest BCUT2D eigenvalue weighted by atomic mass is 79.9. The number of hydrogen-bond acceptors (Lipinski definition) is 3. The van der Waals surface area contributed by atoms with Gasteiger partial charge < -0.3 is 22.2 Å². The summed E-state index contributed by atoms with van der Waals surface area (Å²) in [5.41, 5.74) is 1.27. The lowest BCUT2D eigenvalue weighted by molar-refractivity contribution is -0.858. The molecular formula is C16H19BrClN3S. The Labute approximate surface area is 150 Å². The molecule has 22 heavy (non-hydrogen) atoms. The van der Waals surface area contributed by atoms with E-state index in [2.05, 4.69) is 64.2 Å². The lowest BCUT2D eigenvalue weighted by Crippen LogP contribution is -3.05. The molecule has 0 saturated heterocycles. The van der Waals surface area contributed by atoms with Gasteiger partial charge in [0.15, 0.2) is 0 Å². The molecule has 3 rings (SSSR count). The highest BCUT2D eigenvalue weighted by Crippen LogP contribution is 2.47. The van der Waals surface area contributed by atoms with Crippen molar-refractivity contribution in [3.05, 3.63) is 41.0 Å². The Bertz CT molecular complexity index is 651. The van der Waals surface area contributed by atoms with Gasteiger partial charge in [-0.25, -0.2) is 4.98 Å². The van der Waals surface area contributed by atoms with Crippen LogP contribution in [0.2, 0.25) is 0 Å². The minimum Gasteiger partial charge on any atom is -1.00 e. The van der Waals surface area contributed by atoms with Gasteiger partial charge in [-0.3, -0.25) is 0 Å². The predicted molar refractivity (Wildman–Crippen MR) is 91.8 cm³/mol. The number of aromatic nitrogens is 1. The number of fused-ring (bicyclic) bond motifs is 2. The topological polar surface area (TPSA) is 20.6 Å². The summed E-state index contributed by atoms with van der Waals surface area (Å²) in [6.45, 7) is 2.17. The van der Waals surface area contributed by atoms with Gasteiger partial charge in [0.05, 0.1) is 31.2 Å². The predicted octanol–water partition coefficient (Wildman–Crippen LogP) is -0.0146. The molecule has 1 aromatic carbocycles. The number of hydrogen-bond donors (Lipinski definition) is 1. The van der Waals surface area contributed by atoms with Crippen LogP contribution in [0, 0.1) is 0 Å². The molecule has 2 aromatic rings. The number of anilines is 2. The molecule has 1 N–H and O–H groups in total. The molecule has 118 valence electrons. The van der Waals surface area contributed by atoms with Crippen LogP contribution >= 0.6 is 27.7 Å². The Kier molecular flexibility index (Phi) is 6.15. The van der Waals surface area contributed by atoms with Crippen molar-refractivity contribution in [2.75, 3.05) is 32.1 Å². The van der Waals surface area contributed by atoms with E-state index in [-0.39, 0.29) is 12.4 Å². The molecule has 1 aliphatic heterocycles. The zero-order chi connectivity index (χ0) is 14.8. The molecule has 0 fully saturated rings. The Morgan fingerprint density at radius 3 is 2.82 bits per heavy atom. The lowest BCUT2D eigenvalue weighted by atomic mass is 10.2. The average Bonchev–Trinajstić information content (AvgIpc) is 2.46. The fraction of sp³-hybridized carbons (Fsp3) is 0.312. The molecule has 0 saturated carbocycles. The van der Waals surface area contributed by atoms with Gasteiger partial charge in [0.2, 0.25) is 0 Å². The number of benzene rings is 1. The van der Waals surface area contributed by atoms with E-state index in [1.807, 2.05) is 12.3 Å². The summed E-state index contributed by atoms with van der Waals surface area (Å²) >= 11 is 5.37. The summed E-state index contributed by atoms with van der Waals surface area (Å²) in [6.07, 6.45) is 3.03. The number of halogens is 2. The van der Waals surface area contributed by atoms with E-state index in [1.165, 1.54) is 20.4 Å². The molecular weight excluding hydrogens is 382 g/mol. The second kappa shape index (κ2) is 7.68. The molecule has 0 bridgehead atoms. The quantitative estimate of drug-likeness (QED) is 0.779. The first-order valence-electron chi connectivity index (χ1n) is 7.14. The SMILES string of the molecule is C[NH+](C)CCCN1c2ccc(Br)cc2Sc2cccnc21.[Cl-]. The van der Waals surface area contributed by atoms with Gasteiger partial charge in [0, 0.05) is 28.5 Å².